The molecule has 1 aromatic carbocycles. The molecule has 1 fully saturated rings. The zero-order valence-corrected chi connectivity index (χ0v) is 16.0. The van der Waals surface area contributed by atoms with Gasteiger partial charge in [0.05, 0.1) is 0 Å². The second kappa shape index (κ2) is 6.97. The summed E-state index contributed by atoms with van der Waals surface area (Å²) in [5.74, 6) is 0.623. The fourth-order valence-corrected chi connectivity index (χ4v) is 4.16. The van der Waals surface area contributed by atoms with Gasteiger partial charge in [-0.1, -0.05) is 0 Å². The Bertz CT molecular complexity index is 1050. The van der Waals surface area contributed by atoms with Crippen LogP contribution < -0.4 is 10.5 Å². The molecule has 1 aliphatic rings. The first kappa shape index (κ1) is 16.9. The average molecular weight is 408 g/mol. The number of nitrogens with zero attached hydrogens (tertiary/aromatic N) is 5. The summed E-state index contributed by atoms with van der Waals surface area (Å²) in [6.07, 6.45) is 3.71. The number of hydrogen-bond acceptors (Lipinski definition) is 5. The molecular formula is C18H17AsN6O. The molecule has 0 unspecified atom stereocenters. The van der Waals surface area contributed by atoms with Crippen LogP contribution in [0.1, 0.15) is 24.0 Å². The van der Waals surface area contributed by atoms with E-state index in [1.807, 2.05) is 18.2 Å². The molecule has 1 saturated heterocycles. The fraction of sp³-hybridized carbons (Fsp3) is 0.333. The molecule has 0 spiro atoms. The Morgan fingerprint density at radius 2 is 2.23 bits per heavy atom. The van der Waals surface area contributed by atoms with E-state index >= 15 is 0 Å². The Kier molecular flexibility index (Phi) is 4.52. The standard InChI is InChI=1S/C18H17AsN6O/c19-14-6-3-7-24(10-14)18-23-16-15(21-11-22-16)17(26)25(18)9-13-5-2-1-4-12(13)8-20/h1-2,4-5,11,14H,3,6-7,9-10H2,(H,21,22)/t14-/m1/s1. The van der Waals surface area contributed by atoms with Crippen LogP contribution in [0.25, 0.3) is 11.2 Å². The van der Waals surface area contributed by atoms with Gasteiger partial charge < -0.3 is 0 Å². The van der Waals surface area contributed by atoms with Crippen molar-refractivity contribution in [3.05, 3.63) is 52.1 Å². The van der Waals surface area contributed by atoms with Crippen LogP contribution in [0, 0.1) is 11.3 Å². The molecular weight excluding hydrogens is 391 g/mol. The fourth-order valence-electron chi connectivity index (χ4n) is 3.37. The van der Waals surface area contributed by atoms with Crippen LogP contribution in [0.3, 0.4) is 0 Å². The monoisotopic (exact) mass is 408 g/mol. The number of H-pyrrole nitrogens is 1. The Labute approximate surface area is 159 Å². The summed E-state index contributed by atoms with van der Waals surface area (Å²) in [4.78, 5) is 26.9. The Morgan fingerprint density at radius 3 is 3.04 bits per heavy atom. The van der Waals surface area contributed by atoms with Gasteiger partial charge in [0.1, 0.15) is 0 Å². The van der Waals surface area contributed by atoms with Gasteiger partial charge in [0.15, 0.2) is 0 Å². The second-order valence-electron chi connectivity index (χ2n) is 6.42. The third kappa shape index (κ3) is 3.02. The van der Waals surface area contributed by atoms with Gasteiger partial charge in [-0.15, -0.1) is 0 Å². The van der Waals surface area contributed by atoms with E-state index in [1.54, 1.807) is 10.6 Å². The number of nitrogens with one attached hydrogen (secondary N) is 1. The van der Waals surface area contributed by atoms with Crippen LogP contribution in [-0.2, 0) is 6.54 Å². The summed E-state index contributed by atoms with van der Waals surface area (Å²) in [5, 5.41) is 9.38. The first-order valence-corrected chi connectivity index (χ1v) is 9.60. The average Bonchev–Trinajstić information content (AvgIpc) is 3.13. The first-order chi connectivity index (χ1) is 12.7. The number of nitriles is 1. The molecule has 7 nitrogen and oxygen atoms in total. The molecule has 26 heavy (non-hydrogen) atoms. The van der Waals surface area contributed by atoms with E-state index in [1.165, 1.54) is 6.33 Å². The van der Waals surface area contributed by atoms with Gasteiger partial charge in [0.25, 0.3) is 0 Å². The molecule has 130 valence electrons. The number of aromatic amines is 1. The SMILES string of the molecule is N#Cc1ccccc1Cn1c(N2CCC[C@@H]([As])C2)nc2nc[nH]c2c1=O. The molecule has 0 saturated carbocycles. The Balaban J connectivity index is 1.86. The molecule has 2 aromatic heterocycles. The zero-order valence-electron chi connectivity index (χ0n) is 14.1. The topological polar surface area (TPSA) is 90.6 Å². The molecule has 0 bridgehead atoms. The third-order valence-corrected chi connectivity index (χ3v) is 5.56. The summed E-state index contributed by atoms with van der Waals surface area (Å²) < 4.78 is 2.14. The molecule has 8 heteroatoms. The number of fused-ring (bicyclic) bond motifs is 1. The van der Waals surface area contributed by atoms with E-state index in [-0.39, 0.29) is 5.56 Å². The van der Waals surface area contributed by atoms with Gasteiger partial charge in [-0.3, -0.25) is 0 Å². The third-order valence-electron chi connectivity index (χ3n) is 4.67. The summed E-state index contributed by atoms with van der Waals surface area (Å²) in [6, 6.07) is 9.55. The van der Waals surface area contributed by atoms with Crippen LogP contribution in [-0.4, -0.2) is 49.5 Å². The maximum atomic E-state index is 13.1. The molecule has 1 N–H and O–H groups in total. The number of aromatic nitrogens is 4. The molecule has 0 aliphatic carbocycles. The van der Waals surface area contributed by atoms with Crippen molar-refractivity contribution in [3.63, 3.8) is 0 Å². The van der Waals surface area contributed by atoms with Crippen molar-refractivity contribution in [1.82, 2.24) is 19.5 Å². The van der Waals surface area contributed by atoms with Gasteiger partial charge in [-0.2, -0.15) is 0 Å². The van der Waals surface area contributed by atoms with Crippen molar-refractivity contribution >= 4 is 34.0 Å². The minimum atomic E-state index is -0.164. The number of piperidine rings is 1. The first-order valence-electron chi connectivity index (χ1n) is 8.52. The van der Waals surface area contributed by atoms with Gasteiger partial charge >= 0.3 is 159 Å². The predicted octanol–water partition coefficient (Wildman–Crippen LogP) is 1.60. The van der Waals surface area contributed by atoms with Crippen LogP contribution in [0.2, 0.25) is 4.71 Å². The van der Waals surface area contributed by atoms with Crippen molar-refractivity contribution < 1.29 is 0 Å². The van der Waals surface area contributed by atoms with E-state index in [9.17, 15) is 10.1 Å². The minimum absolute atomic E-state index is 0.164. The van der Waals surface area contributed by atoms with E-state index in [4.69, 9.17) is 0 Å². The quantitative estimate of drug-likeness (QED) is 0.665. The number of anilines is 1. The van der Waals surface area contributed by atoms with E-state index in [2.05, 4.69) is 42.8 Å². The van der Waals surface area contributed by atoms with E-state index in [0.29, 0.717) is 33.9 Å². The molecule has 3 heterocycles. The predicted molar refractivity (Wildman–Crippen MR) is 99.4 cm³/mol. The molecule has 1 atom stereocenters. The second-order valence-corrected chi connectivity index (χ2v) is 7.95. The van der Waals surface area contributed by atoms with Crippen LogP contribution >= 0.6 is 0 Å². The summed E-state index contributed by atoms with van der Waals surface area (Å²) >= 11 is 2.70. The molecule has 1 aliphatic heterocycles. The Hall–Kier alpha value is -2.58. The number of benzene rings is 1. The van der Waals surface area contributed by atoms with Gasteiger partial charge in [-0.25, -0.2) is 0 Å². The summed E-state index contributed by atoms with van der Waals surface area (Å²) in [7, 11) is 0. The van der Waals surface area contributed by atoms with Gasteiger partial charge in [-0.05, 0) is 0 Å². The normalized spacial score (nSPS) is 17.4. The van der Waals surface area contributed by atoms with Crippen molar-refractivity contribution in [1.29, 1.82) is 5.26 Å². The summed E-state index contributed by atoms with van der Waals surface area (Å²) in [6.45, 7) is 2.00. The Morgan fingerprint density at radius 1 is 1.38 bits per heavy atom. The molecule has 0 amide bonds. The number of rotatable bonds is 3. The van der Waals surface area contributed by atoms with Crippen LogP contribution in [0.15, 0.2) is 35.4 Å². The summed E-state index contributed by atoms with van der Waals surface area (Å²) in [5.41, 5.74) is 2.04. The van der Waals surface area contributed by atoms with E-state index in [0.717, 1.165) is 31.5 Å². The van der Waals surface area contributed by atoms with Crippen molar-refractivity contribution in [3.8, 4) is 6.07 Å². The van der Waals surface area contributed by atoms with Crippen LogP contribution in [0.5, 0.6) is 0 Å². The van der Waals surface area contributed by atoms with Gasteiger partial charge in [0, 0.05) is 0 Å². The number of imidazole rings is 1. The molecule has 4 rings (SSSR count). The number of hydrogen-bond donors (Lipinski definition) is 1. The van der Waals surface area contributed by atoms with Gasteiger partial charge in [0.2, 0.25) is 0 Å². The molecule has 2 radical (unpaired) electrons. The van der Waals surface area contributed by atoms with Crippen molar-refractivity contribution in [2.45, 2.75) is 24.1 Å². The van der Waals surface area contributed by atoms with Crippen molar-refractivity contribution in [2.24, 2.45) is 0 Å². The van der Waals surface area contributed by atoms with Crippen LogP contribution in [0.4, 0.5) is 5.95 Å². The van der Waals surface area contributed by atoms with Crippen molar-refractivity contribution in [2.75, 3.05) is 18.0 Å². The van der Waals surface area contributed by atoms with E-state index < -0.39 is 0 Å². The zero-order chi connectivity index (χ0) is 18.1. The maximum absolute atomic E-state index is 13.1. The molecule has 3 aromatic rings.